The molecule has 1 atom stereocenters. The van der Waals surface area contributed by atoms with Gasteiger partial charge in [-0.05, 0) is 43.0 Å². The third-order valence-electron chi connectivity index (χ3n) is 6.12. The van der Waals surface area contributed by atoms with Crippen molar-refractivity contribution in [1.29, 1.82) is 0 Å². The van der Waals surface area contributed by atoms with Gasteiger partial charge in [-0.3, -0.25) is 4.79 Å². The molecule has 0 spiro atoms. The smallest absolute Gasteiger partial charge is 0.410 e. The summed E-state index contributed by atoms with van der Waals surface area (Å²) in [5.74, 6) is -1.13. The van der Waals surface area contributed by atoms with Crippen molar-refractivity contribution in [3.8, 4) is 11.1 Å². The molecule has 1 aliphatic carbocycles. The van der Waals surface area contributed by atoms with E-state index in [4.69, 9.17) is 9.47 Å². The summed E-state index contributed by atoms with van der Waals surface area (Å²) in [5.41, 5.74) is 3.81. The van der Waals surface area contributed by atoms with Gasteiger partial charge >= 0.3 is 18.2 Å². The number of hydrogen-bond donors (Lipinski definition) is 1. The maximum absolute atomic E-state index is 13.1. The predicted molar refractivity (Wildman–Crippen MR) is 126 cm³/mol. The summed E-state index contributed by atoms with van der Waals surface area (Å²) in [5, 5.41) is 9.38. The summed E-state index contributed by atoms with van der Waals surface area (Å²) in [7, 11) is 0. The van der Waals surface area contributed by atoms with Crippen molar-refractivity contribution < 1.29 is 29.0 Å². The van der Waals surface area contributed by atoms with Crippen LogP contribution in [0.1, 0.15) is 44.2 Å². The molecular formula is C26H30N2O6. The number of carboxylic acids is 1. The zero-order chi connectivity index (χ0) is 24.5. The van der Waals surface area contributed by atoms with Crippen LogP contribution in [0.4, 0.5) is 9.59 Å². The standard InChI is InChI=1S/C26H30N2O6/c1-26(2,3)34-24(31)27-12-13-28(17(15-27)14-23(29)30)25(32)33-16-22-20-10-6-4-8-18(20)19-9-5-7-11-21(19)22/h4-11,17,22H,12-16H2,1-3H3,(H,29,30)/t17-/m0/s1. The van der Waals surface area contributed by atoms with Crippen LogP contribution in [0.15, 0.2) is 48.5 Å². The molecule has 2 aliphatic rings. The molecule has 2 amide bonds. The molecule has 4 rings (SSSR count). The first-order chi connectivity index (χ1) is 16.1. The second-order valence-corrected chi connectivity index (χ2v) is 9.68. The molecule has 0 radical (unpaired) electrons. The first-order valence-electron chi connectivity index (χ1n) is 11.5. The lowest BCUT2D eigenvalue weighted by Crippen LogP contribution is -2.57. The molecule has 180 valence electrons. The number of nitrogens with zero attached hydrogens (tertiary/aromatic N) is 2. The maximum atomic E-state index is 13.1. The second-order valence-electron chi connectivity index (χ2n) is 9.68. The van der Waals surface area contributed by atoms with Crippen LogP contribution in [0.5, 0.6) is 0 Å². The van der Waals surface area contributed by atoms with E-state index in [0.717, 1.165) is 22.3 Å². The van der Waals surface area contributed by atoms with E-state index in [1.54, 1.807) is 20.8 Å². The lowest BCUT2D eigenvalue weighted by Gasteiger charge is -2.40. The maximum Gasteiger partial charge on any atom is 0.410 e. The number of hydrogen-bond acceptors (Lipinski definition) is 5. The van der Waals surface area contributed by atoms with Gasteiger partial charge in [-0.25, -0.2) is 9.59 Å². The number of carbonyl (C=O) groups excluding carboxylic acids is 2. The average molecular weight is 467 g/mol. The fourth-order valence-corrected chi connectivity index (χ4v) is 4.64. The number of benzene rings is 2. The number of amides is 2. The van der Waals surface area contributed by atoms with Gasteiger partial charge in [-0.15, -0.1) is 0 Å². The number of carboxylic acid groups (broad SMARTS) is 1. The third-order valence-corrected chi connectivity index (χ3v) is 6.12. The summed E-state index contributed by atoms with van der Waals surface area (Å²) in [6.07, 6.45) is -1.38. The molecule has 34 heavy (non-hydrogen) atoms. The van der Waals surface area contributed by atoms with E-state index in [1.807, 2.05) is 36.4 Å². The number of aliphatic carboxylic acids is 1. The molecule has 1 N–H and O–H groups in total. The van der Waals surface area contributed by atoms with Crippen molar-refractivity contribution in [3.05, 3.63) is 59.7 Å². The average Bonchev–Trinajstić information content (AvgIpc) is 3.09. The highest BCUT2D eigenvalue weighted by atomic mass is 16.6. The van der Waals surface area contributed by atoms with E-state index in [2.05, 4.69) is 12.1 Å². The van der Waals surface area contributed by atoms with Gasteiger partial charge in [-0.2, -0.15) is 0 Å². The largest absolute Gasteiger partial charge is 0.481 e. The van der Waals surface area contributed by atoms with Crippen LogP contribution in [0, 0.1) is 0 Å². The summed E-state index contributed by atoms with van der Waals surface area (Å²) >= 11 is 0. The van der Waals surface area contributed by atoms with Crippen molar-refractivity contribution >= 4 is 18.2 Å². The predicted octanol–water partition coefficient (Wildman–Crippen LogP) is 4.33. The molecule has 2 aromatic carbocycles. The topological polar surface area (TPSA) is 96.4 Å². The Labute approximate surface area is 199 Å². The Kier molecular flexibility index (Phi) is 6.50. The monoisotopic (exact) mass is 466 g/mol. The summed E-state index contributed by atoms with van der Waals surface area (Å²) < 4.78 is 11.1. The molecule has 1 fully saturated rings. The van der Waals surface area contributed by atoms with Crippen LogP contribution in [0.25, 0.3) is 11.1 Å². The van der Waals surface area contributed by atoms with Crippen LogP contribution in [0.3, 0.4) is 0 Å². The van der Waals surface area contributed by atoms with Crippen LogP contribution < -0.4 is 0 Å². The van der Waals surface area contributed by atoms with E-state index in [-0.39, 0.29) is 38.6 Å². The summed E-state index contributed by atoms with van der Waals surface area (Å²) in [4.78, 5) is 39.9. The molecule has 1 heterocycles. The molecule has 8 nitrogen and oxygen atoms in total. The Morgan fingerprint density at radius 2 is 1.53 bits per heavy atom. The van der Waals surface area contributed by atoms with E-state index in [1.165, 1.54) is 9.80 Å². The molecule has 0 aromatic heterocycles. The molecule has 1 aliphatic heterocycles. The van der Waals surface area contributed by atoms with E-state index >= 15 is 0 Å². The van der Waals surface area contributed by atoms with Gasteiger partial charge in [0.1, 0.15) is 12.2 Å². The first-order valence-corrected chi connectivity index (χ1v) is 11.5. The van der Waals surface area contributed by atoms with Gasteiger partial charge in [0, 0.05) is 25.6 Å². The quantitative estimate of drug-likeness (QED) is 0.720. The number of piperazine rings is 1. The summed E-state index contributed by atoms with van der Waals surface area (Å²) in [6, 6.07) is 15.4. The molecule has 1 saturated heterocycles. The van der Waals surface area contributed by atoms with Crippen molar-refractivity contribution in [2.45, 2.75) is 44.8 Å². The molecule has 2 aromatic rings. The zero-order valence-electron chi connectivity index (χ0n) is 19.7. The van der Waals surface area contributed by atoms with Crippen LogP contribution in [-0.4, -0.2) is 70.9 Å². The SMILES string of the molecule is CC(C)(C)OC(=O)N1CCN(C(=O)OCC2c3ccccc3-c3ccccc32)[C@@H](CC(=O)O)C1. The van der Waals surface area contributed by atoms with Gasteiger partial charge in [0.15, 0.2) is 0 Å². The van der Waals surface area contributed by atoms with Gasteiger partial charge in [0.25, 0.3) is 0 Å². The van der Waals surface area contributed by atoms with Crippen molar-refractivity contribution in [1.82, 2.24) is 9.80 Å². The van der Waals surface area contributed by atoms with Gasteiger partial charge in [-0.1, -0.05) is 48.5 Å². The molecule has 0 bridgehead atoms. The van der Waals surface area contributed by atoms with E-state index < -0.39 is 29.8 Å². The Balaban J connectivity index is 1.45. The number of fused-ring (bicyclic) bond motifs is 3. The lowest BCUT2D eigenvalue weighted by atomic mass is 9.98. The lowest BCUT2D eigenvalue weighted by molar-refractivity contribution is -0.138. The van der Waals surface area contributed by atoms with Gasteiger partial charge in [0.2, 0.25) is 0 Å². The number of rotatable bonds is 4. The minimum atomic E-state index is -1.05. The normalized spacial score (nSPS) is 17.7. The second kappa shape index (κ2) is 9.37. The Morgan fingerprint density at radius 1 is 0.941 bits per heavy atom. The third kappa shape index (κ3) is 5.00. The Morgan fingerprint density at radius 3 is 2.09 bits per heavy atom. The summed E-state index contributed by atoms with van der Waals surface area (Å²) in [6.45, 7) is 5.96. The molecule has 0 unspecified atom stereocenters. The first kappa shape index (κ1) is 23.6. The molecular weight excluding hydrogens is 436 g/mol. The fraction of sp³-hybridized carbons (Fsp3) is 0.423. The number of ether oxygens (including phenoxy) is 2. The minimum Gasteiger partial charge on any atom is -0.481 e. The Hall–Kier alpha value is -3.55. The van der Waals surface area contributed by atoms with Gasteiger partial charge < -0.3 is 24.4 Å². The number of carbonyl (C=O) groups is 3. The van der Waals surface area contributed by atoms with Crippen LogP contribution in [0.2, 0.25) is 0 Å². The highest BCUT2D eigenvalue weighted by Crippen LogP contribution is 2.44. The fourth-order valence-electron chi connectivity index (χ4n) is 4.64. The van der Waals surface area contributed by atoms with Crippen molar-refractivity contribution in [3.63, 3.8) is 0 Å². The van der Waals surface area contributed by atoms with E-state index in [0.29, 0.717) is 0 Å². The molecule has 0 saturated carbocycles. The van der Waals surface area contributed by atoms with Crippen LogP contribution >= 0.6 is 0 Å². The zero-order valence-corrected chi connectivity index (χ0v) is 19.7. The van der Waals surface area contributed by atoms with E-state index in [9.17, 15) is 19.5 Å². The highest BCUT2D eigenvalue weighted by Gasteiger charge is 2.37. The van der Waals surface area contributed by atoms with Gasteiger partial charge in [0.05, 0.1) is 12.5 Å². The van der Waals surface area contributed by atoms with Crippen molar-refractivity contribution in [2.75, 3.05) is 26.2 Å². The molecule has 8 heteroatoms. The van der Waals surface area contributed by atoms with Crippen molar-refractivity contribution in [2.24, 2.45) is 0 Å². The Bertz CT molecular complexity index is 1050. The minimum absolute atomic E-state index is 0.0748. The highest BCUT2D eigenvalue weighted by molar-refractivity contribution is 5.79. The van der Waals surface area contributed by atoms with Crippen LogP contribution in [-0.2, 0) is 14.3 Å².